The zero-order chi connectivity index (χ0) is 50.7. The Morgan fingerprint density at radius 1 is 0.957 bits per heavy atom. The zero-order valence-corrected chi connectivity index (χ0v) is 41.5. The van der Waals surface area contributed by atoms with Gasteiger partial charge < -0.3 is 35.1 Å². The van der Waals surface area contributed by atoms with Crippen LogP contribution in [0.15, 0.2) is 66.2 Å². The predicted octanol–water partition coefficient (Wildman–Crippen LogP) is 9.32. The molecule has 7 rings (SSSR count). The summed E-state index contributed by atoms with van der Waals surface area (Å²) in [6.07, 6.45) is -3.40. The van der Waals surface area contributed by atoms with Gasteiger partial charge in [0.25, 0.3) is 0 Å². The fourth-order valence-corrected chi connectivity index (χ4v) is 10.2. The molecule has 0 spiro atoms. The zero-order valence-electron chi connectivity index (χ0n) is 40.6. The molecule has 5 atom stereocenters. The minimum absolute atomic E-state index is 0.0298. The first-order valence-corrected chi connectivity index (χ1v) is 24.6. The van der Waals surface area contributed by atoms with E-state index in [2.05, 4.69) is 20.6 Å². The van der Waals surface area contributed by atoms with Crippen molar-refractivity contribution in [3.05, 3.63) is 106 Å². The summed E-state index contributed by atoms with van der Waals surface area (Å²) >= 11 is 1.52. The van der Waals surface area contributed by atoms with E-state index in [1.165, 1.54) is 25.2 Å². The van der Waals surface area contributed by atoms with Crippen molar-refractivity contribution in [1.29, 1.82) is 0 Å². The molecule has 0 radical (unpaired) electrons. The number of hydrogen-bond acceptors (Lipinski definition) is 9. The number of amides is 3. The number of aromatic nitrogens is 2. The SMILES string of the molecule is Cc1ncsc1-c1ccc(CNC(=O)[C@@H]2C[C@@H](O)CN2C(=O)C(NC(=O)C(F)(F)OCCCCCCOc2cc(F)c([C@@H]3c4[nH]c5ccccc5c4C[C@@H](C)N3CC(C)(C)F)c(F)c2)C(C)(C)C)cc1. The standard InChI is InChI=1S/C52H63F5N6O6S/c1-30-22-37-36-14-10-11-15-40(36)60-43(37)44(63(30)28-51(6,7)55)42-38(53)24-35(25-39(42)54)68-20-12-8-9-13-21-69-52(56,57)49(67)61-46(50(3,4)5)48(66)62-27-34(64)23-41(62)47(65)58-26-32-16-18-33(19-17-32)45-31(2)59-29-70-45/h10-11,14-19,24-25,29-30,34,41,44,46,60,64H,8-9,12-13,20-23,26-28H2,1-7H3,(H,58,65)(H,61,67)/t30-,34-,41+,44-,46?/m1/s1. The molecule has 1 saturated heterocycles. The molecular formula is C52H63F5N6O6S. The van der Waals surface area contributed by atoms with Crippen LogP contribution in [0, 0.1) is 24.0 Å². The summed E-state index contributed by atoms with van der Waals surface area (Å²) in [5.41, 5.74) is 3.91. The summed E-state index contributed by atoms with van der Waals surface area (Å²) in [7, 11) is 0. The number of fused-ring (bicyclic) bond motifs is 3. The van der Waals surface area contributed by atoms with Crippen LogP contribution in [0.1, 0.15) is 108 Å². The number of hydrogen-bond donors (Lipinski definition) is 4. The normalized spacial score (nSPS) is 19.3. The number of H-pyrrole nitrogens is 1. The fraction of sp³-hybridized carbons (Fsp3) is 0.500. The average Bonchev–Trinajstić information content (AvgIpc) is 4.01. The van der Waals surface area contributed by atoms with Crippen LogP contribution >= 0.6 is 11.3 Å². The summed E-state index contributed by atoms with van der Waals surface area (Å²) in [5, 5.41) is 16.5. The lowest BCUT2D eigenvalue weighted by Crippen LogP contribution is -2.60. The quantitative estimate of drug-likeness (QED) is 0.0473. The Bertz CT molecular complexity index is 2620. The number of unbranched alkanes of at least 4 members (excludes halogenated alkanes) is 3. The van der Waals surface area contributed by atoms with Crippen LogP contribution in [0.25, 0.3) is 21.3 Å². The first-order valence-electron chi connectivity index (χ1n) is 23.8. The van der Waals surface area contributed by atoms with Gasteiger partial charge in [-0.15, -0.1) is 11.3 Å². The number of likely N-dealkylation sites (tertiary alicyclic amines) is 1. The topological polar surface area (TPSA) is 149 Å². The Morgan fingerprint density at radius 3 is 2.27 bits per heavy atom. The molecule has 18 heteroatoms. The van der Waals surface area contributed by atoms with Crippen LogP contribution in [0.3, 0.4) is 0 Å². The van der Waals surface area contributed by atoms with Crippen molar-refractivity contribution in [3.8, 4) is 16.2 Å². The lowest BCUT2D eigenvalue weighted by atomic mass is 9.85. The van der Waals surface area contributed by atoms with E-state index >= 15 is 22.0 Å². The van der Waals surface area contributed by atoms with Gasteiger partial charge in [-0.05, 0) is 81.5 Å². The smallest absolute Gasteiger partial charge is 0.436 e. The average molecular weight is 995 g/mol. The van der Waals surface area contributed by atoms with Crippen molar-refractivity contribution in [2.24, 2.45) is 5.41 Å². The highest BCUT2D eigenvalue weighted by molar-refractivity contribution is 7.13. The van der Waals surface area contributed by atoms with Crippen molar-refractivity contribution in [2.75, 3.05) is 26.3 Å². The molecular weight excluding hydrogens is 932 g/mol. The number of aliphatic hydroxyl groups is 1. The number of ether oxygens (including phenoxy) is 2. The van der Waals surface area contributed by atoms with E-state index in [0.717, 1.165) is 55.2 Å². The van der Waals surface area contributed by atoms with E-state index in [1.807, 2.05) is 62.4 Å². The van der Waals surface area contributed by atoms with Crippen LogP contribution in [0.5, 0.6) is 5.75 Å². The van der Waals surface area contributed by atoms with Gasteiger partial charge >= 0.3 is 12.0 Å². The number of halogens is 5. The van der Waals surface area contributed by atoms with Gasteiger partial charge in [-0.3, -0.25) is 19.3 Å². The van der Waals surface area contributed by atoms with Gasteiger partial charge in [0.15, 0.2) is 0 Å². The molecule has 378 valence electrons. The lowest BCUT2D eigenvalue weighted by Gasteiger charge is -2.43. The van der Waals surface area contributed by atoms with Gasteiger partial charge in [0, 0.05) is 66.4 Å². The predicted molar refractivity (Wildman–Crippen MR) is 258 cm³/mol. The molecule has 4 N–H and O–H groups in total. The second kappa shape index (κ2) is 21.5. The first-order chi connectivity index (χ1) is 33.0. The molecule has 70 heavy (non-hydrogen) atoms. The minimum Gasteiger partial charge on any atom is -0.493 e. The number of alkyl halides is 3. The van der Waals surface area contributed by atoms with Gasteiger partial charge in [0.05, 0.1) is 41.4 Å². The third kappa shape index (κ3) is 12.2. The fourth-order valence-electron chi connectivity index (χ4n) is 9.41. The van der Waals surface area contributed by atoms with Gasteiger partial charge in [-0.25, -0.2) is 18.2 Å². The van der Waals surface area contributed by atoms with Crippen molar-refractivity contribution < 1.29 is 50.9 Å². The molecule has 4 heterocycles. The number of aliphatic hydroxyl groups excluding tert-OH is 1. The largest absolute Gasteiger partial charge is 0.493 e. The number of carbonyl (C=O) groups excluding carboxylic acids is 3. The molecule has 0 saturated carbocycles. The number of para-hydroxylation sites is 1. The van der Waals surface area contributed by atoms with Crippen molar-refractivity contribution in [1.82, 2.24) is 30.4 Å². The molecule has 12 nitrogen and oxygen atoms in total. The van der Waals surface area contributed by atoms with Crippen molar-refractivity contribution >= 4 is 40.0 Å². The second-order valence-corrected chi connectivity index (χ2v) is 21.0. The number of benzene rings is 3. The molecule has 1 unspecified atom stereocenters. The van der Waals surface area contributed by atoms with E-state index in [9.17, 15) is 19.5 Å². The number of nitrogens with zero attached hydrogens (tertiary/aromatic N) is 3. The molecule has 2 aliphatic heterocycles. The molecule has 2 aromatic heterocycles. The summed E-state index contributed by atoms with van der Waals surface area (Å²) < 4.78 is 88.0. The van der Waals surface area contributed by atoms with Crippen LogP contribution < -0.4 is 15.4 Å². The summed E-state index contributed by atoms with van der Waals surface area (Å²) in [6.45, 7) is 10.9. The Hall–Kier alpha value is -5.43. The molecule has 0 bridgehead atoms. The highest BCUT2D eigenvalue weighted by Crippen LogP contribution is 2.44. The minimum atomic E-state index is -4.30. The summed E-state index contributed by atoms with van der Waals surface area (Å²) in [5.74, 6) is -4.86. The highest BCUT2D eigenvalue weighted by Gasteiger charge is 2.48. The van der Waals surface area contributed by atoms with Crippen molar-refractivity contribution in [3.63, 3.8) is 0 Å². The molecule has 3 amide bonds. The van der Waals surface area contributed by atoms with E-state index in [0.29, 0.717) is 31.4 Å². The van der Waals surface area contributed by atoms with Crippen LogP contribution in [0.2, 0.25) is 0 Å². The van der Waals surface area contributed by atoms with Gasteiger partial charge in [-0.2, -0.15) is 8.78 Å². The Labute approximate surface area is 409 Å². The van der Waals surface area contributed by atoms with E-state index in [1.54, 1.807) is 31.2 Å². The van der Waals surface area contributed by atoms with Crippen LogP contribution in [-0.2, 0) is 32.1 Å². The molecule has 5 aromatic rings. The number of aryl methyl sites for hydroxylation is 1. The van der Waals surface area contributed by atoms with E-state index in [-0.39, 0.29) is 56.4 Å². The monoisotopic (exact) mass is 994 g/mol. The van der Waals surface area contributed by atoms with Gasteiger partial charge in [0.1, 0.15) is 35.1 Å². The second-order valence-electron chi connectivity index (χ2n) is 20.2. The summed E-state index contributed by atoms with van der Waals surface area (Å²) in [4.78, 5) is 52.0. The van der Waals surface area contributed by atoms with Crippen LogP contribution in [-0.4, -0.2) is 105 Å². The number of rotatable bonds is 19. The lowest BCUT2D eigenvalue weighted by molar-refractivity contribution is -0.232. The maximum Gasteiger partial charge on any atom is 0.436 e. The number of β-amino-alcohol motifs (C(OH)–C–C–N with tert-alkyl or cyclic N) is 1. The maximum absolute atomic E-state index is 16.1. The summed E-state index contributed by atoms with van der Waals surface area (Å²) in [6, 6.07) is 13.7. The molecule has 1 fully saturated rings. The Morgan fingerprint density at radius 2 is 1.63 bits per heavy atom. The maximum atomic E-state index is 16.1. The third-order valence-electron chi connectivity index (χ3n) is 12.9. The molecule has 0 aliphatic carbocycles. The Balaban J connectivity index is 0.875. The van der Waals surface area contributed by atoms with Crippen molar-refractivity contribution in [2.45, 2.75) is 136 Å². The van der Waals surface area contributed by atoms with Gasteiger partial charge in [0.2, 0.25) is 11.8 Å². The third-order valence-corrected chi connectivity index (χ3v) is 13.9. The number of thiazole rings is 1. The first kappa shape index (κ1) is 52.4. The molecule has 2 aliphatic rings. The Kier molecular flexibility index (Phi) is 16.1. The van der Waals surface area contributed by atoms with Crippen LogP contribution in [0.4, 0.5) is 22.0 Å². The number of carbonyl (C=O) groups is 3. The van der Waals surface area contributed by atoms with Gasteiger partial charge in [-0.1, -0.05) is 69.7 Å². The highest BCUT2D eigenvalue weighted by atomic mass is 32.1. The number of nitrogens with one attached hydrogen (secondary N) is 3. The number of aromatic amines is 1. The van der Waals surface area contributed by atoms with E-state index in [4.69, 9.17) is 9.47 Å². The van der Waals surface area contributed by atoms with E-state index < -0.39 is 77.4 Å². The molecule has 3 aromatic carbocycles.